The molecule has 0 aromatic heterocycles. The summed E-state index contributed by atoms with van der Waals surface area (Å²) in [6.07, 6.45) is -3.14. The lowest BCUT2D eigenvalue weighted by Crippen LogP contribution is -2.19. The van der Waals surface area contributed by atoms with Gasteiger partial charge in [0.05, 0.1) is 17.7 Å². The summed E-state index contributed by atoms with van der Waals surface area (Å²) in [5.74, 6) is -0.234. The van der Waals surface area contributed by atoms with Crippen molar-refractivity contribution in [2.75, 3.05) is 5.32 Å². The number of hydrogen-bond donors (Lipinski definition) is 1. The summed E-state index contributed by atoms with van der Waals surface area (Å²) < 4.78 is 41.7. The van der Waals surface area contributed by atoms with Gasteiger partial charge < -0.3 is 10.1 Å². The summed E-state index contributed by atoms with van der Waals surface area (Å²) in [6, 6.07) is 21.5. The van der Waals surface area contributed by atoms with E-state index in [1.165, 1.54) is 12.1 Å². The Hall–Kier alpha value is -3.46. The van der Waals surface area contributed by atoms with Gasteiger partial charge in [0.1, 0.15) is 5.75 Å². The van der Waals surface area contributed by atoms with Crippen molar-refractivity contribution >= 4 is 5.69 Å². The zero-order chi connectivity index (χ0) is 20.4. The van der Waals surface area contributed by atoms with Crippen LogP contribution < -0.4 is 10.1 Å². The Kier molecular flexibility index (Phi) is 4.89. The number of halogens is 3. The Labute approximate surface area is 166 Å². The van der Waals surface area contributed by atoms with E-state index in [1.807, 2.05) is 36.4 Å². The van der Waals surface area contributed by atoms with Gasteiger partial charge in [0.25, 0.3) is 0 Å². The zero-order valence-electron chi connectivity index (χ0n) is 15.3. The molecule has 1 atom stereocenters. The minimum absolute atomic E-state index is 0.0750. The van der Waals surface area contributed by atoms with Gasteiger partial charge in [0.15, 0.2) is 0 Å². The number of nitriles is 1. The predicted octanol–water partition coefficient (Wildman–Crippen LogP) is 6.22. The van der Waals surface area contributed by atoms with E-state index in [1.54, 1.807) is 18.2 Å². The van der Waals surface area contributed by atoms with Crippen molar-refractivity contribution in [2.24, 2.45) is 0 Å². The van der Waals surface area contributed by atoms with Crippen LogP contribution in [0.5, 0.6) is 5.75 Å². The van der Waals surface area contributed by atoms with E-state index in [0.29, 0.717) is 11.1 Å². The first-order valence-corrected chi connectivity index (χ1v) is 9.17. The molecule has 1 unspecified atom stereocenters. The summed E-state index contributed by atoms with van der Waals surface area (Å²) >= 11 is 0. The quantitative estimate of drug-likeness (QED) is 0.573. The fourth-order valence-corrected chi connectivity index (χ4v) is 3.75. The molecular formula is C23H17F3N2O. The van der Waals surface area contributed by atoms with Crippen molar-refractivity contribution in [3.8, 4) is 22.9 Å². The molecule has 0 aliphatic carbocycles. The first kappa shape index (κ1) is 18.9. The number of alkyl halides is 3. The Balaban J connectivity index is 1.64. The van der Waals surface area contributed by atoms with Crippen LogP contribution in [0.1, 0.15) is 29.2 Å². The van der Waals surface area contributed by atoms with Gasteiger partial charge in [-0.25, -0.2) is 0 Å². The molecule has 0 bridgehead atoms. The van der Waals surface area contributed by atoms with Gasteiger partial charge in [-0.3, -0.25) is 0 Å². The van der Waals surface area contributed by atoms with Crippen LogP contribution in [0.2, 0.25) is 0 Å². The van der Waals surface area contributed by atoms with E-state index in [-0.39, 0.29) is 11.8 Å². The lowest BCUT2D eigenvalue weighted by atomic mass is 9.88. The van der Waals surface area contributed by atoms with Crippen LogP contribution in [0.25, 0.3) is 11.1 Å². The molecule has 1 heterocycles. The van der Waals surface area contributed by atoms with Gasteiger partial charge in [0.2, 0.25) is 0 Å². The SMILES string of the molecule is N#Cc1cccc(C2CCc3c(cccc3-c3cccc(OC(F)(F)F)c3)N2)c1. The minimum Gasteiger partial charge on any atom is -0.406 e. The molecule has 146 valence electrons. The molecule has 0 fully saturated rings. The molecule has 3 aromatic carbocycles. The first-order chi connectivity index (χ1) is 13.9. The molecular weight excluding hydrogens is 377 g/mol. The van der Waals surface area contributed by atoms with Crippen LogP contribution in [0, 0.1) is 11.3 Å². The van der Waals surface area contributed by atoms with Gasteiger partial charge in [-0.2, -0.15) is 5.26 Å². The van der Waals surface area contributed by atoms with Crippen molar-refractivity contribution < 1.29 is 17.9 Å². The number of benzene rings is 3. The summed E-state index contributed by atoms with van der Waals surface area (Å²) in [5.41, 5.74) is 5.22. The first-order valence-electron chi connectivity index (χ1n) is 9.17. The summed E-state index contributed by atoms with van der Waals surface area (Å²) in [6.45, 7) is 0. The van der Waals surface area contributed by atoms with E-state index < -0.39 is 6.36 Å². The molecule has 0 saturated carbocycles. The van der Waals surface area contributed by atoms with E-state index in [4.69, 9.17) is 5.26 Å². The maximum atomic E-state index is 12.6. The summed E-state index contributed by atoms with van der Waals surface area (Å²) in [7, 11) is 0. The Morgan fingerprint density at radius 1 is 1.00 bits per heavy atom. The number of ether oxygens (including phenoxy) is 1. The molecule has 0 saturated heterocycles. The smallest absolute Gasteiger partial charge is 0.406 e. The topological polar surface area (TPSA) is 45.0 Å². The van der Waals surface area contributed by atoms with Crippen molar-refractivity contribution in [3.05, 3.63) is 83.4 Å². The molecule has 29 heavy (non-hydrogen) atoms. The number of rotatable bonds is 3. The number of nitrogens with zero attached hydrogens (tertiary/aromatic N) is 1. The van der Waals surface area contributed by atoms with E-state index in [9.17, 15) is 13.2 Å². The molecule has 0 amide bonds. The average Bonchev–Trinajstić information content (AvgIpc) is 2.72. The van der Waals surface area contributed by atoms with Crippen LogP contribution >= 0.6 is 0 Å². The fourth-order valence-electron chi connectivity index (χ4n) is 3.75. The normalized spacial score (nSPS) is 15.7. The molecule has 1 aliphatic rings. The van der Waals surface area contributed by atoms with Crippen LogP contribution in [0.4, 0.5) is 18.9 Å². The number of hydrogen-bond acceptors (Lipinski definition) is 3. The minimum atomic E-state index is -4.72. The highest BCUT2D eigenvalue weighted by Gasteiger charge is 2.31. The van der Waals surface area contributed by atoms with Crippen molar-refractivity contribution in [1.82, 2.24) is 0 Å². The highest BCUT2D eigenvalue weighted by atomic mass is 19.4. The maximum Gasteiger partial charge on any atom is 0.573 e. The number of nitrogens with one attached hydrogen (secondary N) is 1. The third-order valence-corrected chi connectivity index (χ3v) is 4.99. The van der Waals surface area contributed by atoms with E-state index in [2.05, 4.69) is 16.1 Å². The molecule has 3 aromatic rings. The number of fused-ring (bicyclic) bond motifs is 1. The van der Waals surface area contributed by atoms with Gasteiger partial charge in [-0.05, 0) is 65.4 Å². The largest absolute Gasteiger partial charge is 0.573 e. The van der Waals surface area contributed by atoms with Gasteiger partial charge in [0, 0.05) is 5.69 Å². The van der Waals surface area contributed by atoms with Crippen LogP contribution in [-0.2, 0) is 6.42 Å². The van der Waals surface area contributed by atoms with E-state index in [0.717, 1.165) is 35.2 Å². The molecule has 3 nitrogen and oxygen atoms in total. The third kappa shape index (κ3) is 4.19. The number of anilines is 1. The second kappa shape index (κ2) is 7.51. The molecule has 1 N–H and O–H groups in total. The van der Waals surface area contributed by atoms with Crippen molar-refractivity contribution in [2.45, 2.75) is 25.2 Å². The Bertz CT molecular complexity index is 1090. The average molecular weight is 394 g/mol. The maximum absolute atomic E-state index is 12.6. The lowest BCUT2D eigenvalue weighted by molar-refractivity contribution is -0.274. The Morgan fingerprint density at radius 2 is 1.79 bits per heavy atom. The molecule has 4 rings (SSSR count). The van der Waals surface area contributed by atoms with Gasteiger partial charge in [-0.15, -0.1) is 13.2 Å². The second-order valence-electron chi connectivity index (χ2n) is 6.88. The summed E-state index contributed by atoms with van der Waals surface area (Å²) in [4.78, 5) is 0. The molecule has 6 heteroatoms. The zero-order valence-corrected chi connectivity index (χ0v) is 15.3. The third-order valence-electron chi connectivity index (χ3n) is 4.99. The molecule has 0 spiro atoms. The fraction of sp³-hybridized carbons (Fsp3) is 0.174. The second-order valence-corrected chi connectivity index (χ2v) is 6.88. The molecule has 1 aliphatic heterocycles. The monoisotopic (exact) mass is 394 g/mol. The summed E-state index contributed by atoms with van der Waals surface area (Å²) in [5, 5.41) is 12.6. The van der Waals surface area contributed by atoms with Gasteiger partial charge in [-0.1, -0.05) is 36.4 Å². The van der Waals surface area contributed by atoms with Crippen molar-refractivity contribution in [3.63, 3.8) is 0 Å². The highest BCUT2D eigenvalue weighted by molar-refractivity contribution is 5.76. The predicted molar refractivity (Wildman–Crippen MR) is 104 cm³/mol. The standard InChI is InChI=1S/C23H17F3N2O/c24-23(25,26)29-18-7-2-5-16(13-18)19-8-3-9-22-20(19)10-11-21(28-22)17-6-1-4-15(12-17)14-27/h1-9,12-13,21,28H,10-11H2. The van der Waals surface area contributed by atoms with Gasteiger partial charge >= 0.3 is 6.36 Å². The van der Waals surface area contributed by atoms with Crippen LogP contribution in [0.15, 0.2) is 66.7 Å². The van der Waals surface area contributed by atoms with Crippen LogP contribution in [0.3, 0.4) is 0 Å². The molecule has 0 radical (unpaired) electrons. The highest BCUT2D eigenvalue weighted by Crippen LogP contribution is 2.39. The van der Waals surface area contributed by atoms with Crippen molar-refractivity contribution in [1.29, 1.82) is 5.26 Å². The lowest BCUT2D eigenvalue weighted by Gasteiger charge is -2.29. The van der Waals surface area contributed by atoms with E-state index >= 15 is 0 Å². The Morgan fingerprint density at radius 3 is 2.59 bits per heavy atom. The van der Waals surface area contributed by atoms with Crippen LogP contribution in [-0.4, -0.2) is 6.36 Å².